The molecule has 4 aromatic rings. The molecule has 2 amide bonds. The Kier molecular flexibility index (Phi) is 4.11. The molecule has 140 valence electrons. The van der Waals surface area contributed by atoms with Crippen LogP contribution >= 0.6 is 11.8 Å². The van der Waals surface area contributed by atoms with Gasteiger partial charge in [0.05, 0.1) is 5.69 Å². The summed E-state index contributed by atoms with van der Waals surface area (Å²) in [7, 11) is 0. The molecule has 1 aliphatic heterocycles. The van der Waals surface area contributed by atoms with E-state index >= 15 is 0 Å². The van der Waals surface area contributed by atoms with Gasteiger partial charge >= 0.3 is 0 Å². The Morgan fingerprint density at radius 2 is 1.38 bits per heavy atom. The van der Waals surface area contributed by atoms with Gasteiger partial charge in [0.2, 0.25) is 0 Å². The van der Waals surface area contributed by atoms with E-state index < -0.39 is 0 Å². The summed E-state index contributed by atoms with van der Waals surface area (Å²) in [4.78, 5) is 29.7. The second-order valence-corrected chi connectivity index (χ2v) is 7.83. The van der Waals surface area contributed by atoms with Crippen LogP contribution in [-0.4, -0.2) is 16.9 Å². The first kappa shape index (κ1) is 17.5. The zero-order chi connectivity index (χ0) is 20.0. The molecule has 0 spiro atoms. The minimum absolute atomic E-state index is 0.0794. The molecule has 0 unspecified atom stereocenters. The molecular formula is C24H15NO3S. The maximum absolute atomic E-state index is 13.2. The van der Waals surface area contributed by atoms with Crippen LogP contribution in [0.5, 0.6) is 5.75 Å². The van der Waals surface area contributed by atoms with E-state index in [1.54, 1.807) is 36.0 Å². The highest BCUT2D eigenvalue weighted by atomic mass is 32.2. The van der Waals surface area contributed by atoms with Gasteiger partial charge in [0.15, 0.2) is 0 Å². The molecule has 1 N–H and O–H groups in total. The smallest absolute Gasteiger partial charge is 0.265 e. The third-order valence-corrected chi connectivity index (χ3v) is 6.03. The summed E-state index contributed by atoms with van der Waals surface area (Å²) in [6.07, 6.45) is 0. The number of hydrogen-bond acceptors (Lipinski definition) is 4. The topological polar surface area (TPSA) is 57.6 Å². The van der Waals surface area contributed by atoms with E-state index in [4.69, 9.17) is 0 Å². The van der Waals surface area contributed by atoms with Crippen LogP contribution in [-0.2, 0) is 0 Å². The van der Waals surface area contributed by atoms with Crippen LogP contribution in [0, 0.1) is 0 Å². The molecule has 1 aliphatic rings. The van der Waals surface area contributed by atoms with Crippen LogP contribution in [0.3, 0.4) is 0 Å². The van der Waals surface area contributed by atoms with E-state index in [1.165, 1.54) is 17.0 Å². The Morgan fingerprint density at radius 3 is 2.10 bits per heavy atom. The Labute approximate surface area is 171 Å². The highest BCUT2D eigenvalue weighted by Crippen LogP contribution is 2.39. The SMILES string of the molecule is O=C1c2cccc3c(Sc4ccccc4)ccc(c23)C(=O)N1c1ccc(O)cc1. The van der Waals surface area contributed by atoms with Crippen molar-refractivity contribution in [2.45, 2.75) is 9.79 Å². The van der Waals surface area contributed by atoms with Gasteiger partial charge in [-0.1, -0.05) is 42.1 Å². The summed E-state index contributed by atoms with van der Waals surface area (Å²) in [5, 5.41) is 11.1. The standard InChI is InChI=1S/C24H15NO3S/c26-16-11-9-15(10-12-16)25-23(27)19-8-4-7-18-21(29-17-5-2-1-3-6-17)14-13-20(22(18)19)24(25)28/h1-14,26H. The number of rotatable bonds is 3. The number of phenols is 1. The lowest BCUT2D eigenvalue weighted by Crippen LogP contribution is -2.40. The average Bonchev–Trinajstić information content (AvgIpc) is 2.75. The normalized spacial score (nSPS) is 13.2. The fraction of sp³-hybridized carbons (Fsp3) is 0. The third kappa shape index (κ3) is 2.87. The van der Waals surface area contributed by atoms with Crippen molar-refractivity contribution >= 4 is 40.0 Å². The first-order valence-corrected chi connectivity index (χ1v) is 9.91. The van der Waals surface area contributed by atoms with Crippen molar-refractivity contribution in [3.63, 3.8) is 0 Å². The number of imide groups is 1. The van der Waals surface area contributed by atoms with Crippen LogP contribution in [0.4, 0.5) is 5.69 Å². The number of hydrogen-bond donors (Lipinski definition) is 1. The van der Waals surface area contributed by atoms with Gasteiger partial charge in [-0.05, 0) is 60.0 Å². The molecule has 0 aliphatic carbocycles. The Balaban J connectivity index is 1.66. The van der Waals surface area contributed by atoms with Crippen molar-refractivity contribution in [2.24, 2.45) is 0 Å². The van der Waals surface area contributed by atoms with Crippen LogP contribution in [0.1, 0.15) is 20.7 Å². The molecule has 5 rings (SSSR count). The molecule has 1 heterocycles. The van der Waals surface area contributed by atoms with Gasteiger partial charge in [-0.2, -0.15) is 0 Å². The van der Waals surface area contributed by atoms with Crippen molar-refractivity contribution in [3.05, 3.63) is 96.1 Å². The van der Waals surface area contributed by atoms with Crippen LogP contribution in [0.15, 0.2) is 94.7 Å². The lowest BCUT2D eigenvalue weighted by Gasteiger charge is -2.27. The second kappa shape index (κ2) is 6.79. The molecular weight excluding hydrogens is 382 g/mol. The fourth-order valence-electron chi connectivity index (χ4n) is 3.61. The number of carbonyl (C=O) groups is 2. The molecule has 0 saturated heterocycles. The molecule has 0 atom stereocenters. The summed E-state index contributed by atoms with van der Waals surface area (Å²) in [6, 6.07) is 25.3. The van der Waals surface area contributed by atoms with Gasteiger partial charge in [-0.15, -0.1) is 0 Å². The number of benzene rings is 4. The Bertz CT molecular complexity index is 1240. The fourth-order valence-corrected chi connectivity index (χ4v) is 4.57. The van der Waals surface area contributed by atoms with E-state index in [1.807, 2.05) is 48.5 Å². The van der Waals surface area contributed by atoms with Gasteiger partial charge in [-0.25, -0.2) is 4.90 Å². The molecule has 4 aromatic carbocycles. The molecule has 4 nitrogen and oxygen atoms in total. The summed E-state index contributed by atoms with van der Waals surface area (Å²) < 4.78 is 0. The van der Waals surface area contributed by atoms with Crippen LogP contribution in [0.25, 0.3) is 10.8 Å². The van der Waals surface area contributed by atoms with E-state index in [0.29, 0.717) is 22.2 Å². The molecule has 0 radical (unpaired) electrons. The molecule has 5 heteroatoms. The quantitative estimate of drug-likeness (QED) is 0.464. The van der Waals surface area contributed by atoms with E-state index in [2.05, 4.69) is 0 Å². The van der Waals surface area contributed by atoms with E-state index in [-0.39, 0.29) is 17.6 Å². The summed E-state index contributed by atoms with van der Waals surface area (Å²) in [5.41, 5.74) is 1.43. The minimum Gasteiger partial charge on any atom is -0.508 e. The molecule has 0 bridgehead atoms. The Morgan fingerprint density at radius 1 is 0.690 bits per heavy atom. The van der Waals surface area contributed by atoms with Crippen molar-refractivity contribution in [1.29, 1.82) is 0 Å². The van der Waals surface area contributed by atoms with Crippen molar-refractivity contribution < 1.29 is 14.7 Å². The number of anilines is 1. The summed E-state index contributed by atoms with van der Waals surface area (Å²) in [5.74, 6) is -0.642. The van der Waals surface area contributed by atoms with Crippen molar-refractivity contribution in [2.75, 3.05) is 4.90 Å². The first-order chi connectivity index (χ1) is 14.1. The van der Waals surface area contributed by atoms with Crippen molar-refractivity contribution in [3.8, 4) is 5.75 Å². The van der Waals surface area contributed by atoms with Crippen LogP contribution < -0.4 is 4.90 Å². The summed E-state index contributed by atoms with van der Waals surface area (Å²) in [6.45, 7) is 0. The first-order valence-electron chi connectivity index (χ1n) is 9.10. The number of nitrogens with zero attached hydrogens (tertiary/aromatic N) is 1. The minimum atomic E-state index is -0.361. The van der Waals surface area contributed by atoms with E-state index in [9.17, 15) is 14.7 Å². The highest BCUT2D eigenvalue weighted by molar-refractivity contribution is 7.99. The number of phenolic OH excluding ortho intramolecular Hbond substituents is 1. The molecule has 0 saturated carbocycles. The van der Waals surface area contributed by atoms with Gasteiger partial charge in [-0.3, -0.25) is 9.59 Å². The molecule has 0 fully saturated rings. The van der Waals surface area contributed by atoms with Gasteiger partial charge in [0.25, 0.3) is 11.8 Å². The number of carbonyl (C=O) groups excluding carboxylic acids is 2. The zero-order valence-electron chi connectivity index (χ0n) is 15.2. The largest absolute Gasteiger partial charge is 0.508 e. The van der Waals surface area contributed by atoms with Crippen molar-refractivity contribution in [1.82, 2.24) is 0 Å². The molecule has 0 aromatic heterocycles. The van der Waals surface area contributed by atoms with Gasteiger partial charge in [0.1, 0.15) is 5.75 Å². The number of amides is 2. The highest BCUT2D eigenvalue weighted by Gasteiger charge is 2.34. The van der Waals surface area contributed by atoms with E-state index in [0.717, 1.165) is 15.2 Å². The average molecular weight is 397 g/mol. The second-order valence-electron chi connectivity index (χ2n) is 6.72. The Hall–Kier alpha value is -3.57. The molecule has 29 heavy (non-hydrogen) atoms. The third-order valence-electron chi connectivity index (χ3n) is 4.95. The predicted molar refractivity (Wildman–Crippen MR) is 114 cm³/mol. The predicted octanol–water partition coefficient (Wildman–Crippen LogP) is 5.50. The number of aromatic hydroxyl groups is 1. The zero-order valence-corrected chi connectivity index (χ0v) is 16.0. The lowest BCUT2D eigenvalue weighted by molar-refractivity contribution is 0.0893. The maximum atomic E-state index is 13.2. The van der Waals surface area contributed by atoms with Gasteiger partial charge in [0, 0.05) is 26.3 Å². The summed E-state index contributed by atoms with van der Waals surface area (Å²) >= 11 is 1.61. The van der Waals surface area contributed by atoms with Gasteiger partial charge < -0.3 is 5.11 Å². The monoisotopic (exact) mass is 397 g/mol. The maximum Gasteiger partial charge on any atom is 0.265 e. The lowest BCUT2D eigenvalue weighted by atomic mass is 9.93. The van der Waals surface area contributed by atoms with Crippen LogP contribution in [0.2, 0.25) is 0 Å².